The summed E-state index contributed by atoms with van der Waals surface area (Å²) in [5.74, 6) is -0.387. The predicted octanol–water partition coefficient (Wildman–Crippen LogP) is 1.89. The van der Waals surface area contributed by atoms with E-state index < -0.39 is 5.60 Å². The molecule has 0 aliphatic heterocycles. The number of nitrogens with zero attached hydrogens (tertiary/aromatic N) is 1. The minimum Gasteiger partial charge on any atom is -0.382 e. The van der Waals surface area contributed by atoms with E-state index >= 15 is 0 Å². The van der Waals surface area contributed by atoms with Gasteiger partial charge in [-0.1, -0.05) is 6.58 Å². The molecule has 0 saturated heterocycles. The van der Waals surface area contributed by atoms with Gasteiger partial charge in [-0.25, -0.2) is 0 Å². The minimum absolute atomic E-state index is 0.226. The lowest BCUT2D eigenvalue weighted by atomic mass is 9.93. The van der Waals surface area contributed by atoms with Crippen LogP contribution in [0.3, 0.4) is 0 Å². The maximum absolute atomic E-state index is 11.3. The molecule has 3 nitrogen and oxygen atoms in total. The average Bonchev–Trinajstić information content (AvgIpc) is 2.15. The first-order chi connectivity index (χ1) is 6.95. The fourth-order valence-electron chi connectivity index (χ4n) is 1.26. The highest BCUT2D eigenvalue weighted by Crippen LogP contribution is 2.17. The summed E-state index contributed by atoms with van der Waals surface area (Å²) in [6.07, 6.45) is 4.62. The lowest BCUT2D eigenvalue weighted by Crippen LogP contribution is -2.36. The molecular formula is C11H12BrNO2. The lowest BCUT2D eigenvalue weighted by molar-refractivity contribution is -0.130. The van der Waals surface area contributed by atoms with Crippen molar-refractivity contribution in [3.63, 3.8) is 0 Å². The molecule has 0 amide bonds. The van der Waals surface area contributed by atoms with E-state index in [4.69, 9.17) is 0 Å². The van der Waals surface area contributed by atoms with Crippen LogP contribution in [0.2, 0.25) is 0 Å². The number of halogens is 1. The Morgan fingerprint density at radius 2 is 2.40 bits per heavy atom. The molecule has 1 heterocycles. The monoisotopic (exact) mass is 269 g/mol. The lowest BCUT2D eigenvalue weighted by Gasteiger charge is -2.19. The number of carbonyl (C=O) groups is 1. The van der Waals surface area contributed by atoms with Gasteiger partial charge in [-0.3, -0.25) is 9.78 Å². The number of carbonyl (C=O) groups excluding carboxylic acids is 1. The topological polar surface area (TPSA) is 50.2 Å². The van der Waals surface area contributed by atoms with Crippen molar-refractivity contribution in [3.05, 3.63) is 41.2 Å². The number of rotatable bonds is 4. The van der Waals surface area contributed by atoms with Crippen molar-refractivity contribution < 1.29 is 9.90 Å². The molecule has 1 N–H and O–H groups in total. The third kappa shape index (κ3) is 3.25. The summed E-state index contributed by atoms with van der Waals surface area (Å²) in [5, 5.41) is 9.86. The number of aliphatic hydroxyl groups is 1. The predicted molar refractivity (Wildman–Crippen MR) is 61.5 cm³/mol. The van der Waals surface area contributed by atoms with Gasteiger partial charge in [-0.15, -0.1) is 0 Å². The smallest absolute Gasteiger partial charge is 0.186 e. The standard InChI is InChI=1S/C11H12BrNO2/c1-3-10(14)11(2,15)5-8-4-9(12)7-13-6-8/h3-4,6-7,15H,1,5H2,2H3. The summed E-state index contributed by atoms with van der Waals surface area (Å²) in [4.78, 5) is 15.3. The van der Waals surface area contributed by atoms with E-state index in [1.165, 1.54) is 6.92 Å². The number of hydrogen-bond donors (Lipinski definition) is 1. The van der Waals surface area contributed by atoms with Gasteiger partial charge in [0.2, 0.25) is 0 Å². The van der Waals surface area contributed by atoms with Crippen molar-refractivity contribution in [1.82, 2.24) is 4.98 Å². The summed E-state index contributed by atoms with van der Waals surface area (Å²) in [6.45, 7) is 4.82. The maximum Gasteiger partial charge on any atom is 0.186 e. The zero-order valence-electron chi connectivity index (χ0n) is 8.40. The van der Waals surface area contributed by atoms with Crippen LogP contribution in [-0.4, -0.2) is 21.5 Å². The van der Waals surface area contributed by atoms with Gasteiger partial charge in [0, 0.05) is 23.3 Å². The van der Waals surface area contributed by atoms with Crippen LogP contribution in [0.4, 0.5) is 0 Å². The Kier molecular flexibility index (Phi) is 3.77. The number of pyridine rings is 1. The van der Waals surface area contributed by atoms with Gasteiger partial charge < -0.3 is 5.11 Å². The van der Waals surface area contributed by atoms with Gasteiger partial charge in [0.05, 0.1) is 0 Å². The Morgan fingerprint density at radius 1 is 1.73 bits per heavy atom. The molecule has 4 heteroatoms. The molecule has 0 aromatic carbocycles. The Hall–Kier alpha value is -1.00. The van der Waals surface area contributed by atoms with Crippen molar-refractivity contribution in [3.8, 4) is 0 Å². The second-order valence-electron chi connectivity index (χ2n) is 3.53. The van der Waals surface area contributed by atoms with Gasteiger partial charge in [0.1, 0.15) is 5.60 Å². The number of hydrogen-bond acceptors (Lipinski definition) is 3. The van der Waals surface area contributed by atoms with Gasteiger partial charge in [0.25, 0.3) is 0 Å². The van der Waals surface area contributed by atoms with Crippen LogP contribution < -0.4 is 0 Å². The van der Waals surface area contributed by atoms with Crippen molar-refractivity contribution in [2.45, 2.75) is 18.9 Å². The van der Waals surface area contributed by atoms with E-state index in [-0.39, 0.29) is 12.2 Å². The van der Waals surface area contributed by atoms with Gasteiger partial charge in [-0.2, -0.15) is 0 Å². The van der Waals surface area contributed by atoms with E-state index in [0.717, 1.165) is 16.1 Å². The molecular weight excluding hydrogens is 258 g/mol. The van der Waals surface area contributed by atoms with Crippen molar-refractivity contribution in [2.75, 3.05) is 0 Å². The van der Waals surface area contributed by atoms with Crippen molar-refractivity contribution in [2.24, 2.45) is 0 Å². The fraction of sp³-hybridized carbons (Fsp3) is 0.273. The van der Waals surface area contributed by atoms with Gasteiger partial charge in [0.15, 0.2) is 5.78 Å². The van der Waals surface area contributed by atoms with Gasteiger partial charge >= 0.3 is 0 Å². The highest BCUT2D eigenvalue weighted by molar-refractivity contribution is 9.10. The molecule has 1 unspecified atom stereocenters. The molecule has 15 heavy (non-hydrogen) atoms. The number of aromatic nitrogens is 1. The molecule has 0 bridgehead atoms. The highest BCUT2D eigenvalue weighted by Gasteiger charge is 2.27. The summed E-state index contributed by atoms with van der Waals surface area (Å²) in [6, 6.07) is 1.82. The van der Waals surface area contributed by atoms with Crippen LogP contribution in [0.5, 0.6) is 0 Å². The van der Waals surface area contributed by atoms with E-state index in [0.29, 0.717) is 0 Å². The van der Waals surface area contributed by atoms with Crippen LogP contribution >= 0.6 is 15.9 Å². The molecule has 0 radical (unpaired) electrons. The Labute approximate surface area is 97.0 Å². The SMILES string of the molecule is C=CC(=O)C(C)(O)Cc1cncc(Br)c1. The van der Waals surface area contributed by atoms with E-state index in [9.17, 15) is 9.90 Å². The zero-order chi connectivity index (χ0) is 11.5. The summed E-state index contributed by atoms with van der Waals surface area (Å²) in [5.41, 5.74) is -0.617. The summed E-state index contributed by atoms with van der Waals surface area (Å²) < 4.78 is 0.821. The second-order valence-corrected chi connectivity index (χ2v) is 4.45. The molecule has 80 valence electrons. The largest absolute Gasteiger partial charge is 0.382 e. The summed E-state index contributed by atoms with van der Waals surface area (Å²) in [7, 11) is 0. The molecule has 0 fully saturated rings. The molecule has 0 saturated carbocycles. The van der Waals surface area contributed by atoms with Gasteiger partial charge in [-0.05, 0) is 40.6 Å². The first kappa shape index (κ1) is 12.1. The Bertz CT molecular complexity index is 388. The third-order valence-electron chi connectivity index (χ3n) is 2.03. The average molecular weight is 270 g/mol. The highest BCUT2D eigenvalue weighted by atomic mass is 79.9. The van der Waals surface area contributed by atoms with E-state index in [2.05, 4.69) is 27.5 Å². The molecule has 0 spiro atoms. The molecule has 1 atom stereocenters. The van der Waals surface area contributed by atoms with E-state index in [1.54, 1.807) is 12.4 Å². The minimum atomic E-state index is -1.41. The maximum atomic E-state index is 11.3. The Morgan fingerprint density at radius 3 is 2.93 bits per heavy atom. The first-order valence-corrected chi connectivity index (χ1v) is 5.23. The molecule has 1 aromatic heterocycles. The van der Waals surface area contributed by atoms with Crippen molar-refractivity contribution >= 4 is 21.7 Å². The second kappa shape index (κ2) is 4.68. The summed E-state index contributed by atoms with van der Waals surface area (Å²) >= 11 is 3.27. The quantitative estimate of drug-likeness (QED) is 0.850. The molecule has 0 aliphatic rings. The van der Waals surface area contributed by atoms with Crippen LogP contribution in [0, 0.1) is 0 Å². The number of ketones is 1. The molecule has 0 aliphatic carbocycles. The zero-order valence-corrected chi connectivity index (χ0v) is 9.99. The van der Waals surface area contributed by atoms with Crippen LogP contribution in [0.1, 0.15) is 12.5 Å². The third-order valence-corrected chi connectivity index (χ3v) is 2.46. The normalized spacial score (nSPS) is 14.3. The van der Waals surface area contributed by atoms with Crippen LogP contribution in [0.15, 0.2) is 35.6 Å². The first-order valence-electron chi connectivity index (χ1n) is 4.44. The van der Waals surface area contributed by atoms with Crippen molar-refractivity contribution in [1.29, 1.82) is 0 Å². The van der Waals surface area contributed by atoms with E-state index in [1.807, 2.05) is 6.07 Å². The molecule has 1 rings (SSSR count). The Balaban J connectivity index is 2.86. The van der Waals surface area contributed by atoms with Crippen LogP contribution in [0.25, 0.3) is 0 Å². The fourth-order valence-corrected chi connectivity index (χ4v) is 1.67. The van der Waals surface area contributed by atoms with Crippen LogP contribution in [-0.2, 0) is 11.2 Å². The molecule has 1 aromatic rings.